The maximum absolute atomic E-state index is 14.0. The Hall–Kier alpha value is -3.36. The predicted molar refractivity (Wildman–Crippen MR) is 131 cm³/mol. The van der Waals surface area contributed by atoms with Crippen molar-refractivity contribution in [2.75, 3.05) is 6.61 Å². The number of carbonyl (C=O) groups excluding carboxylic acids is 2. The molecule has 0 N–H and O–H groups in total. The van der Waals surface area contributed by atoms with Crippen LogP contribution in [0, 0.1) is 11.6 Å². The third-order valence-corrected chi connectivity index (χ3v) is 6.25. The van der Waals surface area contributed by atoms with Crippen LogP contribution in [0.25, 0.3) is 6.08 Å². The summed E-state index contributed by atoms with van der Waals surface area (Å²) in [6.07, 6.45) is 1.52. The highest BCUT2D eigenvalue weighted by atomic mass is 35.5. The van der Waals surface area contributed by atoms with E-state index in [-0.39, 0.29) is 40.2 Å². The fraction of sp³-hybridized carbons (Fsp3) is 0.154. The third-order valence-electron chi connectivity index (χ3n) is 5.06. The van der Waals surface area contributed by atoms with Crippen LogP contribution in [0.5, 0.6) is 11.5 Å². The highest BCUT2D eigenvalue weighted by Crippen LogP contribution is 2.40. The molecule has 0 aliphatic carbocycles. The zero-order valence-corrected chi connectivity index (χ0v) is 20.2. The summed E-state index contributed by atoms with van der Waals surface area (Å²) in [6.45, 7) is 2.04. The van der Waals surface area contributed by atoms with Gasteiger partial charge in [0, 0.05) is 5.56 Å². The summed E-state index contributed by atoms with van der Waals surface area (Å²) >= 11 is 7.22. The van der Waals surface area contributed by atoms with Crippen molar-refractivity contribution >= 4 is 40.6 Å². The highest BCUT2D eigenvalue weighted by Gasteiger charge is 2.35. The molecule has 0 bridgehead atoms. The standard InChI is InChI=1S/C26H20ClF2NO4S/c1-2-33-22-12-17(11-20(27)24(22)34-15-16-6-5-8-19(28)10-16)13-23-25(31)30(26(32)35-23)14-18-7-3-4-9-21(18)29/h3-13H,2,14-15H2,1H3/b23-13-. The van der Waals surface area contributed by atoms with Gasteiger partial charge in [-0.1, -0.05) is 41.9 Å². The van der Waals surface area contributed by atoms with Crippen LogP contribution in [0.3, 0.4) is 0 Å². The molecule has 3 aromatic carbocycles. The molecule has 9 heteroatoms. The SMILES string of the molecule is CCOc1cc(/C=C2\SC(=O)N(Cc3ccccc3F)C2=O)cc(Cl)c1OCc1cccc(F)c1. The zero-order chi connectivity index (χ0) is 24.9. The Morgan fingerprint density at radius 2 is 1.83 bits per heavy atom. The van der Waals surface area contributed by atoms with E-state index in [1.165, 1.54) is 36.4 Å². The van der Waals surface area contributed by atoms with Crippen LogP contribution >= 0.6 is 23.4 Å². The second-order valence-corrected chi connectivity index (χ2v) is 8.94. The van der Waals surface area contributed by atoms with Gasteiger partial charge in [-0.3, -0.25) is 14.5 Å². The van der Waals surface area contributed by atoms with Gasteiger partial charge >= 0.3 is 0 Å². The molecule has 0 spiro atoms. The molecule has 5 nitrogen and oxygen atoms in total. The van der Waals surface area contributed by atoms with E-state index in [9.17, 15) is 18.4 Å². The first-order valence-electron chi connectivity index (χ1n) is 10.7. The van der Waals surface area contributed by atoms with Gasteiger partial charge < -0.3 is 9.47 Å². The van der Waals surface area contributed by atoms with Gasteiger partial charge in [0.15, 0.2) is 11.5 Å². The maximum Gasteiger partial charge on any atom is 0.293 e. The Bertz CT molecular complexity index is 1310. The molecule has 4 rings (SSSR count). The van der Waals surface area contributed by atoms with Crippen molar-refractivity contribution in [3.8, 4) is 11.5 Å². The Morgan fingerprint density at radius 1 is 1.03 bits per heavy atom. The lowest BCUT2D eigenvalue weighted by molar-refractivity contribution is -0.123. The van der Waals surface area contributed by atoms with Crippen molar-refractivity contribution in [1.82, 2.24) is 4.90 Å². The Morgan fingerprint density at radius 3 is 2.57 bits per heavy atom. The van der Waals surface area contributed by atoms with E-state index in [0.29, 0.717) is 23.5 Å². The van der Waals surface area contributed by atoms with E-state index in [1.807, 2.05) is 0 Å². The predicted octanol–water partition coefficient (Wildman–Crippen LogP) is 6.83. The van der Waals surface area contributed by atoms with Crippen molar-refractivity contribution in [2.24, 2.45) is 0 Å². The summed E-state index contributed by atoms with van der Waals surface area (Å²) in [7, 11) is 0. The molecule has 3 aromatic rings. The van der Waals surface area contributed by atoms with Crippen molar-refractivity contribution in [1.29, 1.82) is 0 Å². The second-order valence-electron chi connectivity index (χ2n) is 7.54. The van der Waals surface area contributed by atoms with Crippen LogP contribution in [0.15, 0.2) is 65.6 Å². The molecule has 1 aliphatic heterocycles. The molecule has 1 heterocycles. The maximum atomic E-state index is 14.0. The first-order chi connectivity index (χ1) is 16.9. The third kappa shape index (κ3) is 5.83. The molecule has 2 amide bonds. The highest BCUT2D eigenvalue weighted by molar-refractivity contribution is 8.18. The molecule has 1 fully saturated rings. The molecular formula is C26H20ClF2NO4S. The van der Waals surface area contributed by atoms with E-state index < -0.39 is 17.0 Å². The fourth-order valence-electron chi connectivity index (χ4n) is 3.44. The van der Waals surface area contributed by atoms with Gasteiger partial charge in [-0.2, -0.15) is 0 Å². The number of thioether (sulfide) groups is 1. The summed E-state index contributed by atoms with van der Waals surface area (Å²) in [5.41, 5.74) is 1.39. The van der Waals surface area contributed by atoms with Crippen LogP contribution in [0.1, 0.15) is 23.6 Å². The smallest absolute Gasteiger partial charge is 0.293 e. The quantitative estimate of drug-likeness (QED) is 0.308. The number of imide groups is 1. The van der Waals surface area contributed by atoms with E-state index >= 15 is 0 Å². The van der Waals surface area contributed by atoms with Gasteiger partial charge in [-0.15, -0.1) is 0 Å². The molecule has 0 aromatic heterocycles. The topological polar surface area (TPSA) is 55.8 Å². The van der Waals surface area contributed by atoms with Gasteiger partial charge in [-0.05, 0) is 66.2 Å². The van der Waals surface area contributed by atoms with Crippen LogP contribution in [-0.4, -0.2) is 22.7 Å². The van der Waals surface area contributed by atoms with E-state index in [1.54, 1.807) is 37.3 Å². The number of carbonyl (C=O) groups is 2. The number of nitrogens with zero attached hydrogens (tertiary/aromatic N) is 1. The van der Waals surface area contributed by atoms with Gasteiger partial charge in [0.1, 0.15) is 18.2 Å². The van der Waals surface area contributed by atoms with E-state index in [2.05, 4.69) is 0 Å². The summed E-state index contributed by atoms with van der Waals surface area (Å²) in [5.74, 6) is -0.765. The first-order valence-corrected chi connectivity index (χ1v) is 11.9. The molecule has 0 saturated carbocycles. The lowest BCUT2D eigenvalue weighted by Gasteiger charge is -2.15. The van der Waals surface area contributed by atoms with Crippen molar-refractivity contribution in [2.45, 2.75) is 20.1 Å². The minimum atomic E-state index is -0.524. The van der Waals surface area contributed by atoms with Crippen molar-refractivity contribution in [3.05, 3.63) is 98.9 Å². The Kier molecular flexibility index (Phi) is 7.73. The Labute approximate surface area is 210 Å². The zero-order valence-electron chi connectivity index (χ0n) is 18.6. The van der Waals surface area contributed by atoms with Gasteiger partial charge in [-0.25, -0.2) is 8.78 Å². The average Bonchev–Trinajstić information content (AvgIpc) is 3.07. The molecule has 180 valence electrons. The number of benzene rings is 3. The average molecular weight is 516 g/mol. The van der Waals surface area contributed by atoms with Gasteiger partial charge in [0.2, 0.25) is 0 Å². The minimum absolute atomic E-state index is 0.0752. The Balaban J connectivity index is 1.56. The lowest BCUT2D eigenvalue weighted by atomic mass is 10.1. The molecule has 1 saturated heterocycles. The van der Waals surface area contributed by atoms with Crippen molar-refractivity contribution < 1.29 is 27.8 Å². The van der Waals surface area contributed by atoms with Gasteiger partial charge in [0.25, 0.3) is 11.1 Å². The molecule has 1 aliphatic rings. The number of amides is 2. The number of hydrogen-bond donors (Lipinski definition) is 0. The minimum Gasteiger partial charge on any atom is -0.490 e. The number of ether oxygens (including phenoxy) is 2. The second kappa shape index (κ2) is 10.9. The van der Waals surface area contributed by atoms with E-state index in [0.717, 1.165) is 16.7 Å². The van der Waals surface area contributed by atoms with E-state index in [4.69, 9.17) is 21.1 Å². The molecule has 0 atom stereocenters. The summed E-state index contributed by atoms with van der Waals surface area (Å²) < 4.78 is 38.9. The van der Waals surface area contributed by atoms with Gasteiger partial charge in [0.05, 0.1) is 23.1 Å². The molecule has 0 unspecified atom stereocenters. The monoisotopic (exact) mass is 515 g/mol. The number of rotatable bonds is 8. The lowest BCUT2D eigenvalue weighted by Crippen LogP contribution is -2.27. The van der Waals surface area contributed by atoms with Crippen LogP contribution in [0.4, 0.5) is 13.6 Å². The largest absolute Gasteiger partial charge is 0.490 e. The van der Waals surface area contributed by atoms with Crippen molar-refractivity contribution in [3.63, 3.8) is 0 Å². The molecule has 35 heavy (non-hydrogen) atoms. The number of hydrogen-bond acceptors (Lipinski definition) is 5. The fourth-order valence-corrected chi connectivity index (χ4v) is 4.55. The molecule has 0 radical (unpaired) electrons. The number of halogens is 3. The molecular weight excluding hydrogens is 496 g/mol. The normalized spacial score (nSPS) is 14.6. The summed E-state index contributed by atoms with van der Waals surface area (Å²) in [4.78, 5) is 26.5. The summed E-state index contributed by atoms with van der Waals surface area (Å²) in [6, 6.07) is 15.2. The summed E-state index contributed by atoms with van der Waals surface area (Å²) in [5, 5.41) is -0.264. The van der Waals surface area contributed by atoms with Crippen LogP contribution in [0.2, 0.25) is 5.02 Å². The van der Waals surface area contributed by atoms with Crippen LogP contribution < -0.4 is 9.47 Å². The van der Waals surface area contributed by atoms with Crippen LogP contribution in [-0.2, 0) is 17.9 Å². The first kappa shape index (κ1) is 24.8.